The van der Waals surface area contributed by atoms with Crippen LogP contribution in [0.2, 0.25) is 0 Å². The highest BCUT2D eigenvalue weighted by atomic mass is 32.2. The number of nitrogens with one attached hydrogen (secondary N) is 2. The molecule has 0 saturated heterocycles. The van der Waals surface area contributed by atoms with Crippen LogP contribution in [0.3, 0.4) is 0 Å². The van der Waals surface area contributed by atoms with Crippen LogP contribution in [0.5, 0.6) is 0 Å². The Morgan fingerprint density at radius 1 is 1.40 bits per heavy atom. The van der Waals surface area contributed by atoms with Crippen molar-refractivity contribution in [2.75, 3.05) is 6.61 Å². The lowest BCUT2D eigenvalue weighted by atomic mass is 9.96. The van der Waals surface area contributed by atoms with Gasteiger partial charge in [0, 0.05) is 17.8 Å². The van der Waals surface area contributed by atoms with Crippen LogP contribution in [0, 0.1) is 0 Å². The van der Waals surface area contributed by atoms with Crippen LogP contribution in [0.1, 0.15) is 26.7 Å². The monoisotopic (exact) mass is 297 g/mol. The molecule has 0 fully saturated rings. The predicted molar refractivity (Wildman–Crippen MR) is 76.8 cm³/mol. The summed E-state index contributed by atoms with van der Waals surface area (Å²) < 4.78 is 27.7. The molecular weight excluding hydrogens is 278 g/mol. The Labute approximate surface area is 118 Å². The molecule has 2 heterocycles. The first kappa shape index (κ1) is 15.0. The van der Waals surface area contributed by atoms with Crippen molar-refractivity contribution in [3.8, 4) is 0 Å². The molecule has 0 unspecified atom stereocenters. The molecule has 7 heteroatoms. The maximum Gasteiger partial charge on any atom is 0.243 e. The minimum absolute atomic E-state index is 0.153. The number of aliphatic hydroxyl groups excluding tert-OH is 1. The lowest BCUT2D eigenvalue weighted by Gasteiger charge is -2.30. The molecule has 6 nitrogen and oxygen atoms in total. The molecule has 0 aromatic carbocycles. The maximum atomic E-state index is 12.5. The molecule has 2 aromatic rings. The topological polar surface area (TPSA) is 95.1 Å². The molecule has 0 atom stereocenters. The quantitative estimate of drug-likeness (QED) is 0.751. The van der Waals surface area contributed by atoms with Gasteiger partial charge >= 0.3 is 0 Å². The normalized spacial score (nSPS) is 12.9. The number of rotatable bonds is 6. The number of H-pyrrole nitrogens is 1. The van der Waals surface area contributed by atoms with Gasteiger partial charge in [0.2, 0.25) is 10.0 Å². The summed E-state index contributed by atoms with van der Waals surface area (Å²) in [6.45, 7) is 3.46. The molecule has 0 spiro atoms. The van der Waals surface area contributed by atoms with Crippen molar-refractivity contribution < 1.29 is 13.5 Å². The van der Waals surface area contributed by atoms with Crippen LogP contribution in [-0.4, -0.2) is 35.6 Å². The minimum atomic E-state index is -3.72. The van der Waals surface area contributed by atoms with Crippen molar-refractivity contribution in [2.24, 2.45) is 0 Å². The number of pyridine rings is 1. The number of hydrogen-bond donors (Lipinski definition) is 3. The molecule has 2 aromatic heterocycles. The third-order valence-electron chi connectivity index (χ3n) is 3.71. The average Bonchev–Trinajstić information content (AvgIpc) is 2.90. The first-order valence-electron chi connectivity index (χ1n) is 6.55. The van der Waals surface area contributed by atoms with Crippen molar-refractivity contribution >= 4 is 21.1 Å². The van der Waals surface area contributed by atoms with E-state index in [1.165, 1.54) is 6.20 Å². The van der Waals surface area contributed by atoms with Crippen LogP contribution in [0.4, 0.5) is 0 Å². The minimum Gasteiger partial charge on any atom is -0.394 e. The SMILES string of the molecule is CCC(CC)(CO)NS(=O)(=O)c1c[nH]c2ncccc12. The van der Waals surface area contributed by atoms with Gasteiger partial charge < -0.3 is 10.1 Å². The van der Waals surface area contributed by atoms with Gasteiger partial charge in [-0.25, -0.2) is 18.1 Å². The summed E-state index contributed by atoms with van der Waals surface area (Å²) in [7, 11) is -3.72. The van der Waals surface area contributed by atoms with Crippen LogP contribution in [0.25, 0.3) is 11.0 Å². The first-order chi connectivity index (χ1) is 9.48. The van der Waals surface area contributed by atoms with E-state index in [9.17, 15) is 13.5 Å². The van der Waals surface area contributed by atoms with Gasteiger partial charge in [0.05, 0.1) is 12.1 Å². The molecule has 0 aliphatic carbocycles. The van der Waals surface area contributed by atoms with Gasteiger partial charge in [-0.3, -0.25) is 0 Å². The number of aliphatic hydroxyl groups is 1. The second-order valence-corrected chi connectivity index (χ2v) is 6.45. The Balaban J connectivity index is 2.45. The molecule has 0 radical (unpaired) electrons. The molecule has 20 heavy (non-hydrogen) atoms. The first-order valence-corrected chi connectivity index (χ1v) is 8.03. The van der Waals surface area contributed by atoms with Gasteiger partial charge in [0.1, 0.15) is 10.5 Å². The van der Waals surface area contributed by atoms with E-state index in [0.717, 1.165) is 0 Å². The fraction of sp³-hybridized carbons (Fsp3) is 0.462. The van der Waals surface area contributed by atoms with Gasteiger partial charge in [0.15, 0.2) is 0 Å². The highest BCUT2D eigenvalue weighted by Crippen LogP contribution is 2.24. The number of sulfonamides is 1. The van der Waals surface area contributed by atoms with Gasteiger partial charge in [0.25, 0.3) is 0 Å². The molecular formula is C13H19N3O3S. The van der Waals surface area contributed by atoms with Crippen molar-refractivity contribution in [2.45, 2.75) is 37.1 Å². The van der Waals surface area contributed by atoms with Crippen molar-refractivity contribution in [3.63, 3.8) is 0 Å². The van der Waals surface area contributed by atoms with E-state index in [0.29, 0.717) is 23.9 Å². The lowest BCUT2D eigenvalue weighted by Crippen LogP contribution is -2.50. The van der Waals surface area contributed by atoms with Gasteiger partial charge in [-0.1, -0.05) is 13.8 Å². The Kier molecular flexibility index (Phi) is 4.12. The molecule has 110 valence electrons. The molecule has 3 N–H and O–H groups in total. The van der Waals surface area contributed by atoms with Gasteiger partial charge in [-0.05, 0) is 25.0 Å². The molecule has 0 aliphatic rings. The summed E-state index contributed by atoms with van der Waals surface area (Å²) in [6, 6.07) is 3.39. The standard InChI is InChI=1S/C13H19N3O3S/c1-3-13(4-2,9-17)16-20(18,19)11-8-15-12-10(11)6-5-7-14-12/h5-8,16-17H,3-4,9H2,1-2H3,(H,14,15). The van der Waals surface area contributed by atoms with E-state index in [1.54, 1.807) is 18.3 Å². The third-order valence-corrected chi connectivity index (χ3v) is 5.33. The van der Waals surface area contributed by atoms with Crippen LogP contribution in [0.15, 0.2) is 29.4 Å². The fourth-order valence-corrected chi connectivity index (χ4v) is 3.84. The summed E-state index contributed by atoms with van der Waals surface area (Å²) in [6.07, 6.45) is 4.05. The highest BCUT2D eigenvalue weighted by molar-refractivity contribution is 7.89. The zero-order valence-corrected chi connectivity index (χ0v) is 12.4. The summed E-state index contributed by atoms with van der Waals surface area (Å²) in [5, 5.41) is 10.0. The predicted octanol–water partition coefficient (Wildman–Crippen LogP) is 1.39. The number of fused-ring (bicyclic) bond motifs is 1. The average molecular weight is 297 g/mol. The van der Waals surface area contributed by atoms with Crippen molar-refractivity contribution in [1.82, 2.24) is 14.7 Å². The Bertz CT molecular complexity index is 681. The number of aromatic amines is 1. The number of hydrogen-bond acceptors (Lipinski definition) is 4. The highest BCUT2D eigenvalue weighted by Gasteiger charge is 2.32. The van der Waals surface area contributed by atoms with E-state index >= 15 is 0 Å². The second kappa shape index (κ2) is 5.51. The lowest BCUT2D eigenvalue weighted by molar-refractivity contribution is 0.172. The fourth-order valence-electron chi connectivity index (χ4n) is 2.14. The number of aromatic nitrogens is 2. The summed E-state index contributed by atoms with van der Waals surface area (Å²) in [5.41, 5.74) is -0.305. The van der Waals surface area contributed by atoms with Crippen LogP contribution < -0.4 is 4.72 Å². The van der Waals surface area contributed by atoms with E-state index < -0.39 is 15.6 Å². The molecule has 0 aliphatic heterocycles. The van der Waals surface area contributed by atoms with E-state index in [1.807, 2.05) is 13.8 Å². The zero-order valence-electron chi connectivity index (χ0n) is 11.5. The molecule has 2 rings (SSSR count). The van der Waals surface area contributed by atoms with Crippen LogP contribution in [-0.2, 0) is 10.0 Å². The van der Waals surface area contributed by atoms with E-state index in [2.05, 4.69) is 14.7 Å². The van der Waals surface area contributed by atoms with Crippen LogP contribution >= 0.6 is 0 Å². The molecule has 0 saturated carbocycles. The summed E-state index contributed by atoms with van der Waals surface area (Å²) in [5.74, 6) is 0. The summed E-state index contributed by atoms with van der Waals surface area (Å²) >= 11 is 0. The third kappa shape index (κ3) is 2.56. The van der Waals surface area contributed by atoms with Crippen molar-refractivity contribution in [1.29, 1.82) is 0 Å². The Hall–Kier alpha value is -1.44. The van der Waals surface area contributed by atoms with E-state index in [-0.39, 0.29) is 11.5 Å². The largest absolute Gasteiger partial charge is 0.394 e. The Morgan fingerprint density at radius 2 is 2.10 bits per heavy atom. The maximum absolute atomic E-state index is 12.5. The zero-order chi connectivity index (χ0) is 14.8. The van der Waals surface area contributed by atoms with Crippen molar-refractivity contribution in [3.05, 3.63) is 24.5 Å². The summed E-state index contributed by atoms with van der Waals surface area (Å²) in [4.78, 5) is 7.07. The number of nitrogens with zero attached hydrogens (tertiary/aromatic N) is 1. The Morgan fingerprint density at radius 3 is 2.70 bits per heavy atom. The van der Waals surface area contributed by atoms with Gasteiger partial charge in [-0.2, -0.15) is 0 Å². The second-order valence-electron chi connectivity index (χ2n) is 4.80. The molecule has 0 bridgehead atoms. The molecule has 0 amide bonds. The smallest absolute Gasteiger partial charge is 0.243 e. The van der Waals surface area contributed by atoms with E-state index in [4.69, 9.17) is 0 Å². The van der Waals surface area contributed by atoms with Gasteiger partial charge in [-0.15, -0.1) is 0 Å².